The number of carbonyl (C=O) groups excluding carboxylic acids is 2. The van der Waals surface area contributed by atoms with Gasteiger partial charge < -0.3 is 40.0 Å². The van der Waals surface area contributed by atoms with E-state index < -0.39 is 61.9 Å². The molecule has 17 heteroatoms. The number of amides is 1. The summed E-state index contributed by atoms with van der Waals surface area (Å²) in [6.07, 6.45) is 6.02. The van der Waals surface area contributed by atoms with Gasteiger partial charge in [-0.2, -0.15) is 8.42 Å². The number of likely N-dealkylation sites (N-methyl/N-ethyl adjacent to an activating group) is 1. The number of esters is 1. The summed E-state index contributed by atoms with van der Waals surface area (Å²) in [5.41, 5.74) is -1.16. The molecule has 7 N–H and O–H groups in total. The Morgan fingerprint density at radius 2 is 1.73 bits per heavy atom. The highest BCUT2D eigenvalue weighted by Crippen LogP contribution is 2.67. The number of nitrogens with one attached hydrogen (secondary N) is 2. The third kappa shape index (κ3) is 6.74. The monoisotopic (exact) mass is 893 g/mol. The molecule has 3 fully saturated rings. The van der Waals surface area contributed by atoms with Crippen LogP contribution in [0.15, 0.2) is 48.6 Å². The van der Waals surface area contributed by atoms with Crippen molar-refractivity contribution < 1.29 is 51.9 Å². The zero-order valence-electron chi connectivity index (χ0n) is 37.2. The second-order valence-electron chi connectivity index (χ2n) is 19.2. The fourth-order valence-electron chi connectivity index (χ4n) is 13.4. The number of anilines is 1. The highest BCUT2D eigenvalue weighted by molar-refractivity contribution is 7.79. The number of para-hydroxylation sites is 1. The quantitative estimate of drug-likeness (QED) is 0.103. The van der Waals surface area contributed by atoms with Gasteiger partial charge >= 0.3 is 16.4 Å². The highest BCUT2D eigenvalue weighted by atomic mass is 32.3. The number of benzene rings is 2. The lowest BCUT2D eigenvalue weighted by molar-refractivity contribution is -0.203. The van der Waals surface area contributed by atoms with Crippen LogP contribution in [0.5, 0.6) is 5.75 Å². The molecule has 0 radical (unpaired) electrons. The molecule has 1 spiro atoms. The van der Waals surface area contributed by atoms with Crippen LogP contribution in [-0.2, 0) is 42.0 Å². The van der Waals surface area contributed by atoms with E-state index in [1.165, 1.54) is 7.11 Å². The molecule has 9 rings (SSSR count). The van der Waals surface area contributed by atoms with Crippen molar-refractivity contribution in [2.24, 2.45) is 11.3 Å². The maximum absolute atomic E-state index is 15.3. The molecule has 1 aliphatic carbocycles. The van der Waals surface area contributed by atoms with E-state index in [1.807, 2.05) is 57.8 Å². The minimum absolute atomic E-state index is 0.0745. The van der Waals surface area contributed by atoms with Gasteiger partial charge in [-0.1, -0.05) is 44.2 Å². The fourth-order valence-corrected chi connectivity index (χ4v) is 13.4. The molecular formula is C46H63N5O11S. The van der Waals surface area contributed by atoms with E-state index in [4.69, 9.17) is 27.0 Å². The third-order valence-corrected chi connectivity index (χ3v) is 15.6. The van der Waals surface area contributed by atoms with Gasteiger partial charge in [0, 0.05) is 90.1 Å². The molecule has 10 atom stereocenters. The van der Waals surface area contributed by atoms with Crippen molar-refractivity contribution in [1.29, 1.82) is 0 Å². The Kier molecular flexibility index (Phi) is 11.4. The van der Waals surface area contributed by atoms with Crippen molar-refractivity contribution >= 4 is 38.9 Å². The Labute approximate surface area is 369 Å². The van der Waals surface area contributed by atoms with Crippen molar-refractivity contribution in [3.63, 3.8) is 0 Å². The second-order valence-corrected chi connectivity index (χ2v) is 20.1. The molecule has 63 heavy (non-hydrogen) atoms. The van der Waals surface area contributed by atoms with E-state index in [2.05, 4.69) is 50.5 Å². The SMILES string of the molecule is CC[C@]1(O)C[C@H]2CN(CCc3c([nH]c4ccccc34)[C@@](C(=O)OC)(c3cc4c(cc3OC)N(C)[C@H]3[C@@](O)(C(=O)NC(C)C)[C@H](O)[C@]5(CC)C=CCN6CC[C@]43[C@@H]65)C2)C1.O=S(=O)(O)O. The first-order chi connectivity index (χ1) is 29.7. The zero-order valence-corrected chi connectivity index (χ0v) is 38.0. The van der Waals surface area contributed by atoms with E-state index >= 15 is 4.79 Å². The molecule has 1 aromatic heterocycles. The average molecular weight is 894 g/mol. The molecule has 1 amide bonds. The predicted octanol–water partition coefficient (Wildman–Crippen LogP) is 3.12. The van der Waals surface area contributed by atoms with E-state index in [-0.39, 0.29) is 18.0 Å². The van der Waals surface area contributed by atoms with Crippen LogP contribution in [0.25, 0.3) is 10.9 Å². The summed E-state index contributed by atoms with van der Waals surface area (Å²) in [6.45, 7) is 11.2. The Morgan fingerprint density at radius 3 is 2.38 bits per heavy atom. The molecule has 2 saturated heterocycles. The number of aliphatic hydroxyl groups excluding tert-OH is 1. The molecule has 2 aromatic carbocycles. The van der Waals surface area contributed by atoms with Crippen molar-refractivity contribution in [3.05, 3.63) is 70.9 Å². The minimum atomic E-state index is -4.67. The van der Waals surface area contributed by atoms with Gasteiger partial charge in [0.05, 0.1) is 25.9 Å². The number of aromatic nitrogens is 1. The van der Waals surface area contributed by atoms with Crippen molar-refractivity contribution in [1.82, 2.24) is 20.1 Å². The van der Waals surface area contributed by atoms with E-state index in [1.54, 1.807) is 7.11 Å². The van der Waals surface area contributed by atoms with Gasteiger partial charge in [-0.3, -0.25) is 28.5 Å². The zero-order chi connectivity index (χ0) is 45.7. The van der Waals surface area contributed by atoms with Crippen molar-refractivity contribution in [2.75, 3.05) is 58.9 Å². The lowest BCUT2D eigenvalue weighted by Crippen LogP contribution is -2.82. The average Bonchev–Trinajstić information content (AvgIpc) is 3.90. The van der Waals surface area contributed by atoms with Gasteiger partial charge in [0.25, 0.3) is 5.91 Å². The number of hydrogen-bond acceptors (Lipinski definition) is 12. The normalized spacial score (nSPS) is 35.6. The van der Waals surface area contributed by atoms with E-state index in [9.17, 15) is 20.1 Å². The second kappa shape index (κ2) is 15.8. The van der Waals surface area contributed by atoms with Gasteiger partial charge in [0.2, 0.25) is 0 Å². The van der Waals surface area contributed by atoms with Gasteiger partial charge in [-0.25, -0.2) is 0 Å². The summed E-state index contributed by atoms with van der Waals surface area (Å²) >= 11 is 0. The van der Waals surface area contributed by atoms with Crippen LogP contribution in [0, 0.1) is 11.3 Å². The number of methoxy groups -OCH3 is 2. The fraction of sp³-hybridized carbons (Fsp3) is 0.609. The largest absolute Gasteiger partial charge is 0.496 e. The molecular weight excluding hydrogens is 831 g/mol. The van der Waals surface area contributed by atoms with Crippen LogP contribution in [0.3, 0.4) is 0 Å². The van der Waals surface area contributed by atoms with E-state index in [0.717, 1.165) is 46.5 Å². The first-order valence-corrected chi connectivity index (χ1v) is 23.5. The summed E-state index contributed by atoms with van der Waals surface area (Å²) in [5, 5.41) is 41.9. The number of piperidine rings is 1. The Hall–Kier alpha value is -4.07. The predicted molar refractivity (Wildman–Crippen MR) is 236 cm³/mol. The third-order valence-electron chi connectivity index (χ3n) is 15.6. The number of fused-ring (bicyclic) bond motifs is 6. The Balaban J connectivity index is 0.00000103. The minimum Gasteiger partial charge on any atom is -0.496 e. The molecule has 5 aliphatic heterocycles. The molecule has 2 bridgehead atoms. The van der Waals surface area contributed by atoms with Crippen LogP contribution in [0.1, 0.15) is 82.2 Å². The number of aliphatic hydroxyl groups is 3. The number of carbonyl (C=O) groups is 2. The number of rotatable bonds is 7. The van der Waals surface area contributed by atoms with Crippen LogP contribution in [0.4, 0.5) is 5.69 Å². The number of hydrogen-bond donors (Lipinski definition) is 7. The Bertz CT molecular complexity index is 2430. The van der Waals surface area contributed by atoms with Gasteiger partial charge in [0.15, 0.2) is 5.60 Å². The van der Waals surface area contributed by atoms with Crippen LogP contribution >= 0.6 is 0 Å². The summed E-state index contributed by atoms with van der Waals surface area (Å²) in [7, 11) is 0.315. The smallest absolute Gasteiger partial charge is 0.394 e. The number of aromatic amines is 1. The molecule has 16 nitrogen and oxygen atoms in total. The van der Waals surface area contributed by atoms with Gasteiger partial charge in [0.1, 0.15) is 17.3 Å². The topological polar surface area (TPSA) is 225 Å². The molecule has 6 aliphatic rings. The summed E-state index contributed by atoms with van der Waals surface area (Å²) in [4.78, 5) is 40.5. The molecule has 1 saturated carbocycles. The van der Waals surface area contributed by atoms with Crippen LogP contribution in [-0.4, -0.2) is 149 Å². The molecule has 344 valence electrons. The lowest BCUT2D eigenvalue weighted by Gasteiger charge is -2.63. The highest BCUT2D eigenvalue weighted by Gasteiger charge is 2.78. The summed E-state index contributed by atoms with van der Waals surface area (Å²) in [6, 6.07) is 11.0. The van der Waals surface area contributed by atoms with Gasteiger partial charge in [-0.05, 0) is 88.1 Å². The molecule has 1 unspecified atom stereocenters. The maximum atomic E-state index is 15.3. The van der Waals surface area contributed by atoms with Gasteiger partial charge in [-0.15, -0.1) is 0 Å². The van der Waals surface area contributed by atoms with Crippen molar-refractivity contribution in [2.45, 2.75) is 112 Å². The van der Waals surface area contributed by atoms with Crippen LogP contribution < -0.4 is 15.0 Å². The van der Waals surface area contributed by atoms with Crippen molar-refractivity contribution in [3.8, 4) is 5.75 Å². The lowest BCUT2D eigenvalue weighted by atomic mass is 9.47. The summed E-state index contributed by atoms with van der Waals surface area (Å²) < 4.78 is 43.9. The maximum Gasteiger partial charge on any atom is 0.394 e. The number of H-pyrrole nitrogens is 1. The number of ether oxygens (including phenoxy) is 2. The first kappa shape index (κ1) is 45.5. The van der Waals surface area contributed by atoms with Crippen LogP contribution in [0.2, 0.25) is 0 Å². The molecule has 3 aromatic rings. The molecule has 6 heterocycles. The van der Waals surface area contributed by atoms with E-state index in [0.29, 0.717) is 69.5 Å². The number of nitrogens with zero attached hydrogens (tertiary/aromatic N) is 3. The first-order valence-electron chi connectivity index (χ1n) is 22.1. The Morgan fingerprint density at radius 1 is 1.02 bits per heavy atom. The summed E-state index contributed by atoms with van der Waals surface area (Å²) in [5.74, 6) is -0.592. The standard InChI is InChI=1S/C46H61N5O7.H2O4S/c1-8-42(55)23-28-24-45(41(54)58-7,36-30(15-19-50(25-28)26-42)29-13-10-11-14-33(29)48-36)32-21-31-34(22-35(32)57-6)49(5)38-44(31)17-20-51-18-12-16-43(9-2,37(44)51)39(52)46(38,56)40(53)47-27(3)4;1-5(2,3)4/h10-14,16,21-22,27-28,37-39,48,52,55-56H,8-9,15,17-20,23-26H2,1-7H3,(H,47,53);(H2,1,2,3,4)/t28-,37+,38-,39-,42+,43-,44-,45+,46+;/m1./s1.